The molecule has 2 heterocycles. The van der Waals surface area contributed by atoms with E-state index in [1.165, 1.54) is 43.3 Å². The molecule has 0 bridgehead atoms. The van der Waals surface area contributed by atoms with Gasteiger partial charge in [-0.05, 0) is 23.8 Å². The first kappa shape index (κ1) is 26.7. The van der Waals surface area contributed by atoms with E-state index in [0.717, 1.165) is 22.7 Å². The second-order valence-electron chi connectivity index (χ2n) is 7.60. The molecule has 2 atom stereocenters. The van der Waals surface area contributed by atoms with Gasteiger partial charge in [0.2, 0.25) is 5.88 Å². The molecule has 15 heteroatoms. The Morgan fingerprint density at radius 3 is 2.58 bits per heavy atom. The number of pyridine rings is 1. The molecule has 11 nitrogen and oxygen atoms in total. The van der Waals surface area contributed by atoms with Gasteiger partial charge in [-0.1, -0.05) is 17.8 Å². The molecule has 3 rings (SSSR count). The molecular formula is C21H19F3N4O7S. The van der Waals surface area contributed by atoms with Crippen LogP contribution in [0.3, 0.4) is 0 Å². The second-order valence-corrected chi connectivity index (χ2v) is 9.08. The lowest BCUT2D eigenvalue weighted by Gasteiger charge is -2.34. The minimum Gasteiger partial charge on any atom is -0.444 e. The number of non-ortho nitro benzene ring substituents is 1. The van der Waals surface area contributed by atoms with Gasteiger partial charge in [0.1, 0.15) is 12.4 Å². The maximum Gasteiger partial charge on any atom is 0.574 e. The Morgan fingerprint density at radius 2 is 2.00 bits per heavy atom. The summed E-state index contributed by atoms with van der Waals surface area (Å²) in [7, 11) is 0. The summed E-state index contributed by atoms with van der Waals surface area (Å²) in [5.74, 6) is -0.973. The molecule has 0 saturated carbocycles. The van der Waals surface area contributed by atoms with Crippen LogP contribution in [0.2, 0.25) is 0 Å². The summed E-state index contributed by atoms with van der Waals surface area (Å²) in [5, 5.41) is 12.7. The SMILES string of the molecule is CC(=O)S[C@@H]1CN(C(=O)OCc2ccc([N+](=O)[O-])cc2)[C@@](C=O)(Nc2cccc(OC(F)(F)F)n2)C1. The van der Waals surface area contributed by atoms with E-state index in [4.69, 9.17) is 4.74 Å². The molecule has 1 amide bonds. The minimum absolute atomic E-state index is 0.0700. The van der Waals surface area contributed by atoms with Crippen LogP contribution in [0, 0.1) is 10.1 Å². The highest BCUT2D eigenvalue weighted by atomic mass is 32.2. The van der Waals surface area contributed by atoms with Crippen molar-refractivity contribution in [3.05, 3.63) is 58.1 Å². The Morgan fingerprint density at radius 1 is 1.31 bits per heavy atom. The summed E-state index contributed by atoms with van der Waals surface area (Å²) in [6.45, 7) is 0.948. The fourth-order valence-electron chi connectivity index (χ4n) is 3.52. The van der Waals surface area contributed by atoms with E-state index in [-0.39, 0.29) is 36.2 Å². The van der Waals surface area contributed by atoms with Crippen LogP contribution in [0.15, 0.2) is 42.5 Å². The molecule has 1 aliphatic rings. The van der Waals surface area contributed by atoms with Crippen molar-refractivity contribution in [3.8, 4) is 5.88 Å². The van der Waals surface area contributed by atoms with Gasteiger partial charge in [0, 0.05) is 43.3 Å². The number of nitrogens with one attached hydrogen (secondary N) is 1. The third kappa shape index (κ3) is 6.84. The third-order valence-electron chi connectivity index (χ3n) is 4.95. The summed E-state index contributed by atoms with van der Waals surface area (Å²) in [5.41, 5.74) is -1.50. The number of hydrogen-bond acceptors (Lipinski definition) is 10. The van der Waals surface area contributed by atoms with Crippen LogP contribution in [0.25, 0.3) is 0 Å². The van der Waals surface area contributed by atoms with Gasteiger partial charge in [0.25, 0.3) is 5.69 Å². The summed E-state index contributed by atoms with van der Waals surface area (Å²) in [6.07, 6.45) is -5.63. The molecule has 192 valence electrons. The fourth-order valence-corrected chi connectivity index (χ4v) is 4.55. The number of amides is 1. The highest BCUT2D eigenvalue weighted by Crippen LogP contribution is 2.36. The smallest absolute Gasteiger partial charge is 0.444 e. The third-order valence-corrected chi connectivity index (χ3v) is 5.93. The Kier molecular flexibility index (Phi) is 8.02. The molecule has 0 spiro atoms. The molecule has 1 N–H and O–H groups in total. The highest BCUT2D eigenvalue weighted by Gasteiger charge is 2.50. The van der Waals surface area contributed by atoms with E-state index in [1.807, 2.05) is 0 Å². The van der Waals surface area contributed by atoms with E-state index in [0.29, 0.717) is 11.8 Å². The summed E-state index contributed by atoms with van der Waals surface area (Å²) >= 11 is 0.896. The molecule has 2 aromatic rings. The minimum atomic E-state index is -4.99. The Hall–Kier alpha value is -3.88. The van der Waals surface area contributed by atoms with Crippen LogP contribution >= 0.6 is 11.8 Å². The number of hydrogen-bond donors (Lipinski definition) is 1. The maximum absolute atomic E-state index is 13.0. The first-order valence-electron chi connectivity index (χ1n) is 10.2. The number of thioether (sulfide) groups is 1. The molecule has 0 unspecified atom stereocenters. The molecule has 0 radical (unpaired) electrons. The molecule has 1 aromatic carbocycles. The number of carbonyl (C=O) groups is 3. The average molecular weight is 528 g/mol. The summed E-state index contributed by atoms with van der Waals surface area (Å²) in [6, 6.07) is 8.71. The van der Waals surface area contributed by atoms with Crippen molar-refractivity contribution in [3.63, 3.8) is 0 Å². The molecule has 1 aromatic heterocycles. The van der Waals surface area contributed by atoms with E-state index in [2.05, 4.69) is 15.0 Å². The Bertz CT molecular complexity index is 1150. The predicted molar refractivity (Wildman–Crippen MR) is 120 cm³/mol. The fraction of sp³-hybridized carbons (Fsp3) is 0.333. The molecular weight excluding hydrogens is 509 g/mol. The van der Waals surface area contributed by atoms with Crippen molar-refractivity contribution in [1.29, 1.82) is 0 Å². The van der Waals surface area contributed by atoms with Gasteiger partial charge in [-0.15, -0.1) is 13.2 Å². The molecule has 36 heavy (non-hydrogen) atoms. The number of aromatic nitrogens is 1. The predicted octanol–water partition coefficient (Wildman–Crippen LogP) is 3.89. The van der Waals surface area contributed by atoms with Gasteiger partial charge < -0.3 is 14.8 Å². The zero-order valence-corrected chi connectivity index (χ0v) is 19.4. The zero-order chi connectivity index (χ0) is 26.5. The van der Waals surface area contributed by atoms with Crippen LogP contribution in [0.4, 0.5) is 29.5 Å². The van der Waals surface area contributed by atoms with Crippen molar-refractivity contribution < 1.29 is 42.0 Å². The largest absolute Gasteiger partial charge is 0.574 e. The lowest BCUT2D eigenvalue weighted by molar-refractivity contribution is -0.384. The number of rotatable bonds is 8. The first-order valence-corrected chi connectivity index (χ1v) is 11.1. The van der Waals surface area contributed by atoms with Crippen LogP contribution in [-0.4, -0.2) is 56.1 Å². The van der Waals surface area contributed by atoms with Gasteiger partial charge >= 0.3 is 12.5 Å². The maximum atomic E-state index is 13.0. The molecule has 1 saturated heterocycles. The number of aldehydes is 1. The second kappa shape index (κ2) is 10.8. The van der Waals surface area contributed by atoms with Gasteiger partial charge in [0.15, 0.2) is 17.1 Å². The standard InChI is InChI=1S/C21H19F3N4O7S/c1-13(30)36-16-9-20(12-29,26-17-3-2-4-18(25-17)35-21(22,23)24)27(10-16)19(31)34-11-14-5-7-15(8-6-14)28(32)33/h2-8,12,16H,9-11H2,1H3,(H,25,26)/t16-,20-/m0/s1. The monoisotopic (exact) mass is 528 g/mol. The number of halogens is 3. The number of alkyl halides is 3. The zero-order valence-electron chi connectivity index (χ0n) is 18.6. The van der Waals surface area contributed by atoms with Crippen molar-refractivity contribution in [2.75, 3.05) is 11.9 Å². The van der Waals surface area contributed by atoms with Crippen LogP contribution in [0.5, 0.6) is 5.88 Å². The summed E-state index contributed by atoms with van der Waals surface area (Å²) < 4.78 is 46.8. The average Bonchev–Trinajstić information content (AvgIpc) is 3.14. The quantitative estimate of drug-likeness (QED) is 0.305. The van der Waals surface area contributed by atoms with Gasteiger partial charge in [-0.3, -0.25) is 24.6 Å². The topological polar surface area (TPSA) is 141 Å². The molecule has 1 aliphatic heterocycles. The lowest BCUT2D eigenvalue weighted by atomic mass is 10.1. The number of nitro groups is 1. The number of nitrogens with zero attached hydrogens (tertiary/aromatic N) is 3. The Balaban J connectivity index is 1.81. The van der Waals surface area contributed by atoms with Crippen molar-refractivity contribution in [1.82, 2.24) is 9.88 Å². The van der Waals surface area contributed by atoms with Crippen molar-refractivity contribution >= 4 is 40.8 Å². The number of benzene rings is 1. The van der Waals surface area contributed by atoms with E-state index in [9.17, 15) is 37.7 Å². The van der Waals surface area contributed by atoms with Crippen LogP contribution < -0.4 is 10.1 Å². The molecule has 0 aliphatic carbocycles. The van der Waals surface area contributed by atoms with Crippen molar-refractivity contribution in [2.45, 2.75) is 37.2 Å². The molecule has 1 fully saturated rings. The number of likely N-dealkylation sites (tertiary alicyclic amines) is 1. The summed E-state index contributed by atoms with van der Waals surface area (Å²) in [4.78, 5) is 51.8. The van der Waals surface area contributed by atoms with E-state index in [1.54, 1.807) is 0 Å². The van der Waals surface area contributed by atoms with Gasteiger partial charge in [-0.25, -0.2) is 4.79 Å². The van der Waals surface area contributed by atoms with Crippen molar-refractivity contribution in [2.24, 2.45) is 0 Å². The number of carbonyl (C=O) groups excluding carboxylic acids is 3. The Labute approximate surface area is 206 Å². The number of ether oxygens (including phenoxy) is 2. The van der Waals surface area contributed by atoms with E-state index < -0.39 is 34.2 Å². The number of nitro benzene ring substituents is 1. The highest BCUT2D eigenvalue weighted by molar-refractivity contribution is 8.14. The lowest BCUT2D eigenvalue weighted by Crippen LogP contribution is -2.54. The van der Waals surface area contributed by atoms with Gasteiger partial charge in [-0.2, -0.15) is 4.98 Å². The van der Waals surface area contributed by atoms with Crippen LogP contribution in [-0.2, 0) is 20.9 Å². The number of anilines is 1. The first-order chi connectivity index (χ1) is 16.9. The van der Waals surface area contributed by atoms with Crippen LogP contribution in [0.1, 0.15) is 18.9 Å². The van der Waals surface area contributed by atoms with Gasteiger partial charge in [0.05, 0.1) is 4.92 Å². The van der Waals surface area contributed by atoms with E-state index >= 15 is 0 Å². The normalized spacial score (nSPS) is 19.4.